The van der Waals surface area contributed by atoms with Crippen LogP contribution in [0.1, 0.15) is 44.6 Å². The molecule has 2 aromatic heterocycles. The van der Waals surface area contributed by atoms with Crippen molar-refractivity contribution >= 4 is 28.0 Å². The van der Waals surface area contributed by atoms with E-state index < -0.39 is 11.2 Å². The highest BCUT2D eigenvalue weighted by molar-refractivity contribution is 7.91. The molecule has 0 unspecified atom stereocenters. The molecule has 0 spiro atoms. The summed E-state index contributed by atoms with van der Waals surface area (Å²) in [5.74, 6) is 2.14. The van der Waals surface area contributed by atoms with Crippen molar-refractivity contribution in [2.45, 2.75) is 62.3 Å². The fourth-order valence-electron chi connectivity index (χ4n) is 6.59. The number of fused-ring (bicyclic) bond motifs is 3. The summed E-state index contributed by atoms with van der Waals surface area (Å²) < 4.78 is 41.4. The fourth-order valence-corrected chi connectivity index (χ4v) is 7.67. The van der Waals surface area contributed by atoms with Crippen molar-refractivity contribution in [1.29, 1.82) is 0 Å². The lowest BCUT2D eigenvalue weighted by molar-refractivity contribution is -0.0198. The van der Waals surface area contributed by atoms with E-state index in [4.69, 9.17) is 15.2 Å². The first-order valence-electron chi connectivity index (χ1n) is 13.3. The maximum absolute atomic E-state index is 15.2. The highest BCUT2D eigenvalue weighted by Crippen LogP contribution is 2.45. The number of nitrogen functional groups attached to an aromatic ring is 1. The predicted molar refractivity (Wildman–Crippen MR) is 140 cm³/mol. The van der Waals surface area contributed by atoms with Crippen LogP contribution in [-0.2, 0) is 15.9 Å². The minimum Gasteiger partial charge on any atom is -0.616 e. The minimum atomic E-state index is -0.678. The summed E-state index contributed by atoms with van der Waals surface area (Å²) in [5, 5.41) is 0.673. The van der Waals surface area contributed by atoms with E-state index in [0.29, 0.717) is 46.8 Å². The van der Waals surface area contributed by atoms with Crippen LogP contribution >= 0.6 is 0 Å². The zero-order chi connectivity index (χ0) is 25.1. The van der Waals surface area contributed by atoms with Crippen LogP contribution in [0, 0.1) is 5.82 Å². The number of benzene rings is 1. The summed E-state index contributed by atoms with van der Waals surface area (Å²) in [7, 11) is 0. The molecule has 4 aliphatic rings. The van der Waals surface area contributed by atoms with E-state index in [1.54, 1.807) is 12.1 Å². The van der Waals surface area contributed by atoms with Crippen LogP contribution in [-0.4, -0.2) is 72.9 Å². The summed E-state index contributed by atoms with van der Waals surface area (Å²) >= 11 is -0.678. The number of rotatable bonds is 6. The van der Waals surface area contributed by atoms with Crippen molar-refractivity contribution in [3.63, 3.8) is 0 Å². The Kier molecular flexibility index (Phi) is 5.84. The van der Waals surface area contributed by atoms with E-state index in [1.165, 1.54) is 12.4 Å². The molecular formula is C27H32FN5O3S. The Bertz CT molecular complexity index is 1310. The molecule has 0 amide bonds. The Morgan fingerprint density at radius 3 is 2.65 bits per heavy atom. The van der Waals surface area contributed by atoms with Gasteiger partial charge < -0.3 is 24.3 Å². The summed E-state index contributed by atoms with van der Waals surface area (Å²) in [5.41, 5.74) is 7.97. The van der Waals surface area contributed by atoms with Gasteiger partial charge in [-0.1, -0.05) is 11.2 Å². The molecule has 3 saturated heterocycles. The lowest BCUT2D eigenvalue weighted by Gasteiger charge is -2.44. The summed E-state index contributed by atoms with van der Waals surface area (Å²) in [6.07, 6.45) is 10.0. The largest absolute Gasteiger partial charge is 0.616 e. The molecule has 7 rings (SSSR count). The molecule has 8 nitrogen and oxygen atoms in total. The highest BCUT2D eigenvalue weighted by Gasteiger charge is 2.46. The van der Waals surface area contributed by atoms with Gasteiger partial charge in [0.15, 0.2) is 0 Å². The van der Waals surface area contributed by atoms with Gasteiger partial charge in [0.25, 0.3) is 0 Å². The first-order chi connectivity index (χ1) is 18.0. The van der Waals surface area contributed by atoms with Crippen LogP contribution in [0.25, 0.3) is 22.2 Å². The Morgan fingerprint density at radius 2 is 1.92 bits per heavy atom. The van der Waals surface area contributed by atoms with E-state index in [9.17, 15) is 4.55 Å². The zero-order valence-corrected chi connectivity index (χ0v) is 21.6. The molecular weight excluding hydrogens is 493 g/mol. The number of hydrogen-bond acceptors (Lipinski definition) is 7. The number of halogens is 1. The van der Waals surface area contributed by atoms with Crippen molar-refractivity contribution in [3.8, 4) is 16.9 Å². The van der Waals surface area contributed by atoms with Gasteiger partial charge in [0.2, 0.25) is 0 Å². The molecule has 196 valence electrons. The van der Waals surface area contributed by atoms with E-state index >= 15 is 4.39 Å². The second kappa shape index (κ2) is 9.11. The number of nitrogens with zero attached hydrogens (tertiary/aromatic N) is 4. The monoisotopic (exact) mass is 525 g/mol. The van der Waals surface area contributed by atoms with Crippen molar-refractivity contribution in [3.05, 3.63) is 36.5 Å². The Morgan fingerprint density at radius 1 is 1.14 bits per heavy atom. The fraction of sp³-hybridized carbons (Fsp3) is 0.556. The van der Waals surface area contributed by atoms with Gasteiger partial charge in [0.1, 0.15) is 53.1 Å². The molecule has 10 heteroatoms. The molecule has 1 aliphatic carbocycles. The summed E-state index contributed by atoms with van der Waals surface area (Å²) in [6.45, 7) is 2.26. The van der Waals surface area contributed by atoms with E-state index in [2.05, 4.69) is 19.4 Å². The van der Waals surface area contributed by atoms with Gasteiger partial charge in [-0.2, -0.15) is 0 Å². The number of aromatic nitrogens is 3. The average Bonchev–Trinajstić information content (AvgIpc) is 3.58. The van der Waals surface area contributed by atoms with Gasteiger partial charge in [-0.05, 0) is 56.7 Å². The van der Waals surface area contributed by atoms with Crippen molar-refractivity contribution in [2.75, 3.05) is 36.9 Å². The number of ether oxygens (including phenoxy) is 2. The molecule has 4 fully saturated rings. The number of anilines is 1. The molecule has 3 aromatic rings. The minimum absolute atomic E-state index is 0.197. The van der Waals surface area contributed by atoms with Gasteiger partial charge in [-0.3, -0.25) is 4.90 Å². The average molecular weight is 526 g/mol. The maximum atomic E-state index is 15.2. The third-order valence-corrected chi connectivity index (χ3v) is 10.1. The second-order valence-electron chi connectivity index (χ2n) is 11.0. The molecule has 0 radical (unpaired) electrons. The molecule has 1 saturated carbocycles. The van der Waals surface area contributed by atoms with Crippen LogP contribution in [0.5, 0.6) is 5.75 Å². The van der Waals surface area contributed by atoms with Gasteiger partial charge in [-0.15, -0.1) is 0 Å². The standard InChI is InChI=1S/C27H32FN5O3S/c28-23-2-1-20(35-15-27-5-3-19(36-27)4-6-27)13-21(23)22-14-33(26-24(22)25(29)30-16-31-26)18-11-17(12-18)32-7-9-37(34)10-8-32/h1-2,13-14,16-19H,3-12,15H2,(H2,29,30,31)/t17-,18+,19?,27?. The summed E-state index contributed by atoms with van der Waals surface area (Å²) in [6, 6.07) is 5.62. The molecule has 5 heterocycles. The van der Waals surface area contributed by atoms with Crippen molar-refractivity contribution in [1.82, 2.24) is 19.4 Å². The van der Waals surface area contributed by atoms with Crippen LogP contribution in [0.3, 0.4) is 0 Å². The third-order valence-electron chi connectivity index (χ3n) is 8.84. The molecule has 0 atom stereocenters. The van der Waals surface area contributed by atoms with Gasteiger partial charge in [0, 0.05) is 42.5 Å². The normalized spacial score (nSPS) is 30.2. The Balaban J connectivity index is 1.16. The third kappa shape index (κ3) is 4.18. The topological polar surface area (TPSA) is 101 Å². The molecule has 2 bridgehead atoms. The SMILES string of the molecule is Nc1ncnc2c1c(-c1cc(OCC34CCC(CC3)O4)ccc1F)cn2[C@H]1C[C@@H](N2CC[S+]([O-])CC2)C1. The van der Waals surface area contributed by atoms with Gasteiger partial charge in [0.05, 0.1) is 11.5 Å². The smallest absolute Gasteiger partial charge is 0.146 e. The van der Waals surface area contributed by atoms with Crippen LogP contribution in [0.2, 0.25) is 0 Å². The number of nitrogens with two attached hydrogens (primary N) is 1. The lowest BCUT2D eigenvalue weighted by Crippen LogP contribution is -2.51. The predicted octanol–water partition coefficient (Wildman–Crippen LogP) is 3.68. The van der Waals surface area contributed by atoms with E-state index in [-0.39, 0.29) is 17.5 Å². The Labute approximate surface area is 218 Å². The quantitative estimate of drug-likeness (QED) is 0.490. The maximum Gasteiger partial charge on any atom is 0.146 e. The van der Waals surface area contributed by atoms with E-state index in [0.717, 1.165) is 68.8 Å². The van der Waals surface area contributed by atoms with Crippen LogP contribution in [0.4, 0.5) is 10.2 Å². The van der Waals surface area contributed by atoms with Gasteiger partial charge >= 0.3 is 0 Å². The summed E-state index contributed by atoms with van der Waals surface area (Å²) in [4.78, 5) is 11.2. The lowest BCUT2D eigenvalue weighted by atomic mass is 9.85. The van der Waals surface area contributed by atoms with Crippen LogP contribution < -0.4 is 10.5 Å². The second-order valence-corrected chi connectivity index (χ2v) is 12.7. The van der Waals surface area contributed by atoms with Crippen molar-refractivity contribution < 1.29 is 18.4 Å². The molecule has 3 aliphatic heterocycles. The first kappa shape index (κ1) is 23.7. The van der Waals surface area contributed by atoms with Crippen LogP contribution in [0.15, 0.2) is 30.7 Å². The zero-order valence-electron chi connectivity index (χ0n) is 20.8. The molecule has 37 heavy (non-hydrogen) atoms. The highest BCUT2D eigenvalue weighted by atomic mass is 32.2. The van der Waals surface area contributed by atoms with Crippen molar-refractivity contribution in [2.24, 2.45) is 0 Å². The van der Waals surface area contributed by atoms with Gasteiger partial charge in [-0.25, -0.2) is 14.4 Å². The Hall–Kier alpha value is -2.40. The molecule has 2 N–H and O–H groups in total. The number of hydrogen-bond donors (Lipinski definition) is 1. The van der Waals surface area contributed by atoms with E-state index in [1.807, 2.05) is 6.20 Å². The first-order valence-corrected chi connectivity index (χ1v) is 14.8. The molecule has 1 aromatic carbocycles.